The van der Waals surface area contributed by atoms with Gasteiger partial charge in [0, 0.05) is 43.6 Å². The topological polar surface area (TPSA) is 101 Å². The van der Waals surface area contributed by atoms with E-state index in [0.717, 1.165) is 43.8 Å². The van der Waals surface area contributed by atoms with Gasteiger partial charge in [0.25, 0.3) is 5.91 Å². The van der Waals surface area contributed by atoms with Gasteiger partial charge in [0.2, 0.25) is 11.8 Å². The first-order chi connectivity index (χ1) is 18.0. The number of carbonyl (C=O) groups excluding carboxylic acids is 3. The SMILES string of the molecule is C=C(/C=C\C=C1/CCN(C2CCC(=O)NC2=O)C1=O)OCc1cc2ccc(CN3CCOCC3)cc2o1. The smallest absolute Gasteiger partial charge is 0.250 e. The Hall–Kier alpha value is -3.69. The number of nitrogens with one attached hydrogen (secondary N) is 1. The number of allylic oxidation sites excluding steroid dienone is 3. The highest BCUT2D eigenvalue weighted by atomic mass is 16.5. The van der Waals surface area contributed by atoms with E-state index in [2.05, 4.69) is 35.0 Å². The third-order valence-electron chi connectivity index (χ3n) is 6.87. The zero-order chi connectivity index (χ0) is 25.8. The largest absolute Gasteiger partial charge is 0.486 e. The number of imide groups is 1. The number of ether oxygens (including phenoxy) is 2. The lowest BCUT2D eigenvalue weighted by Crippen LogP contribution is -2.52. The second-order valence-electron chi connectivity index (χ2n) is 9.49. The van der Waals surface area contributed by atoms with Gasteiger partial charge in [-0.05, 0) is 36.6 Å². The van der Waals surface area contributed by atoms with Crippen LogP contribution in [0.15, 0.2) is 64.8 Å². The van der Waals surface area contributed by atoms with Crippen molar-refractivity contribution in [3.8, 4) is 0 Å². The predicted molar refractivity (Wildman–Crippen MR) is 136 cm³/mol. The first kappa shape index (κ1) is 25.0. The van der Waals surface area contributed by atoms with Gasteiger partial charge in [-0.1, -0.05) is 30.9 Å². The van der Waals surface area contributed by atoms with E-state index >= 15 is 0 Å². The van der Waals surface area contributed by atoms with Crippen LogP contribution < -0.4 is 5.32 Å². The molecule has 9 heteroatoms. The van der Waals surface area contributed by atoms with Crippen molar-refractivity contribution in [3.05, 3.63) is 71.7 Å². The number of morpholine rings is 1. The molecule has 3 fully saturated rings. The Kier molecular flexibility index (Phi) is 7.52. The summed E-state index contributed by atoms with van der Waals surface area (Å²) in [6.07, 6.45) is 6.29. The zero-order valence-electron chi connectivity index (χ0n) is 20.7. The summed E-state index contributed by atoms with van der Waals surface area (Å²) in [5, 5.41) is 3.33. The van der Waals surface area contributed by atoms with Gasteiger partial charge in [-0.25, -0.2) is 0 Å². The van der Waals surface area contributed by atoms with Crippen LogP contribution in [0.3, 0.4) is 0 Å². The van der Waals surface area contributed by atoms with Crippen molar-refractivity contribution in [3.63, 3.8) is 0 Å². The number of benzene rings is 1. The number of hydrogen-bond donors (Lipinski definition) is 1. The maximum atomic E-state index is 12.7. The van der Waals surface area contributed by atoms with Crippen molar-refractivity contribution < 1.29 is 28.3 Å². The van der Waals surface area contributed by atoms with E-state index in [4.69, 9.17) is 13.9 Å². The highest BCUT2D eigenvalue weighted by Crippen LogP contribution is 2.25. The normalized spacial score (nSPS) is 22.4. The van der Waals surface area contributed by atoms with Crippen LogP contribution in [0.4, 0.5) is 0 Å². The Balaban J connectivity index is 1.12. The van der Waals surface area contributed by atoms with Gasteiger partial charge >= 0.3 is 0 Å². The van der Waals surface area contributed by atoms with E-state index in [1.807, 2.05) is 6.07 Å². The minimum absolute atomic E-state index is 0.180. The number of carbonyl (C=O) groups is 3. The Morgan fingerprint density at radius 3 is 2.78 bits per heavy atom. The second kappa shape index (κ2) is 11.1. The van der Waals surface area contributed by atoms with E-state index in [-0.39, 0.29) is 24.8 Å². The Labute approximate surface area is 215 Å². The third kappa shape index (κ3) is 6.00. The molecular formula is C28H31N3O6. The summed E-state index contributed by atoms with van der Waals surface area (Å²) in [5.74, 6) is 0.277. The van der Waals surface area contributed by atoms with Crippen molar-refractivity contribution in [2.45, 2.75) is 38.5 Å². The van der Waals surface area contributed by atoms with Crippen molar-refractivity contribution >= 4 is 28.7 Å². The van der Waals surface area contributed by atoms with Crippen molar-refractivity contribution in [2.24, 2.45) is 0 Å². The van der Waals surface area contributed by atoms with Crippen LogP contribution in [-0.2, 0) is 37.0 Å². The molecule has 3 aliphatic heterocycles. The predicted octanol–water partition coefficient (Wildman–Crippen LogP) is 2.82. The van der Waals surface area contributed by atoms with Gasteiger partial charge < -0.3 is 18.8 Å². The van der Waals surface area contributed by atoms with Crippen molar-refractivity contribution in [1.29, 1.82) is 0 Å². The van der Waals surface area contributed by atoms with Gasteiger partial charge in [0.1, 0.15) is 29.8 Å². The Morgan fingerprint density at radius 2 is 1.97 bits per heavy atom. The highest BCUT2D eigenvalue weighted by Gasteiger charge is 2.38. The molecule has 9 nitrogen and oxygen atoms in total. The monoisotopic (exact) mass is 505 g/mol. The molecule has 2 aromatic rings. The van der Waals surface area contributed by atoms with E-state index in [1.165, 1.54) is 5.56 Å². The lowest BCUT2D eigenvalue weighted by molar-refractivity contribution is -0.142. The molecule has 3 amide bonds. The molecule has 1 atom stereocenters. The van der Waals surface area contributed by atoms with Crippen LogP contribution in [0.25, 0.3) is 11.0 Å². The molecule has 0 bridgehead atoms. The van der Waals surface area contributed by atoms with Crippen LogP contribution in [0.5, 0.6) is 0 Å². The quantitative estimate of drug-likeness (QED) is 0.255. The van der Waals surface area contributed by atoms with E-state index in [1.54, 1.807) is 23.1 Å². The number of amides is 3. The average Bonchev–Trinajstić information content (AvgIpc) is 3.46. The maximum Gasteiger partial charge on any atom is 0.250 e. The summed E-state index contributed by atoms with van der Waals surface area (Å²) in [5.41, 5.74) is 2.64. The lowest BCUT2D eigenvalue weighted by atomic mass is 10.0. The van der Waals surface area contributed by atoms with Gasteiger partial charge in [-0.2, -0.15) is 0 Å². The number of piperidine rings is 1. The van der Waals surface area contributed by atoms with Crippen LogP contribution in [-0.4, -0.2) is 66.4 Å². The molecule has 37 heavy (non-hydrogen) atoms. The maximum absolute atomic E-state index is 12.7. The molecule has 5 rings (SSSR count). The fraction of sp³-hybridized carbons (Fsp3) is 0.393. The molecule has 1 unspecified atom stereocenters. The summed E-state index contributed by atoms with van der Waals surface area (Å²) in [6, 6.07) is 7.64. The molecule has 0 saturated carbocycles. The fourth-order valence-electron chi connectivity index (χ4n) is 4.87. The molecule has 0 radical (unpaired) electrons. The Morgan fingerprint density at radius 1 is 1.14 bits per heavy atom. The van der Waals surface area contributed by atoms with Gasteiger partial charge in [-0.15, -0.1) is 0 Å². The van der Waals surface area contributed by atoms with E-state index in [9.17, 15) is 14.4 Å². The van der Waals surface area contributed by atoms with Gasteiger partial charge in [0.15, 0.2) is 0 Å². The number of furan rings is 1. The van der Waals surface area contributed by atoms with Crippen LogP contribution in [0.1, 0.15) is 30.6 Å². The van der Waals surface area contributed by atoms with Gasteiger partial charge in [0.05, 0.1) is 13.2 Å². The lowest BCUT2D eigenvalue weighted by Gasteiger charge is -2.29. The molecule has 1 aromatic heterocycles. The number of fused-ring (bicyclic) bond motifs is 1. The first-order valence-corrected chi connectivity index (χ1v) is 12.6. The van der Waals surface area contributed by atoms with Crippen molar-refractivity contribution in [1.82, 2.24) is 15.1 Å². The van der Waals surface area contributed by atoms with E-state index in [0.29, 0.717) is 36.5 Å². The molecule has 4 heterocycles. The van der Waals surface area contributed by atoms with Gasteiger partial charge in [-0.3, -0.25) is 24.6 Å². The average molecular weight is 506 g/mol. The minimum atomic E-state index is -0.586. The highest BCUT2D eigenvalue weighted by molar-refractivity contribution is 6.04. The molecule has 0 aliphatic carbocycles. The molecule has 3 aliphatic rings. The van der Waals surface area contributed by atoms with Crippen LogP contribution >= 0.6 is 0 Å². The number of likely N-dealkylation sites (tertiary alicyclic amines) is 1. The molecule has 194 valence electrons. The number of nitrogens with zero attached hydrogens (tertiary/aromatic N) is 2. The first-order valence-electron chi connectivity index (χ1n) is 12.6. The number of hydrogen-bond acceptors (Lipinski definition) is 7. The summed E-state index contributed by atoms with van der Waals surface area (Å²) >= 11 is 0. The zero-order valence-corrected chi connectivity index (χ0v) is 20.7. The summed E-state index contributed by atoms with van der Waals surface area (Å²) in [7, 11) is 0. The molecular weight excluding hydrogens is 474 g/mol. The standard InChI is InChI=1S/C28H31N3O6/c1-19(3-2-4-21-9-10-31(28(21)34)24-7-8-26(32)29-27(24)33)36-18-23-16-22-6-5-20(15-25(22)37-23)17-30-11-13-35-14-12-30/h2-6,15-16,24H,1,7-14,17-18H2,(H,29,32,33)/b3-2-,21-4+. The Bertz CT molecular complexity index is 1270. The number of rotatable bonds is 8. The van der Waals surface area contributed by atoms with Crippen LogP contribution in [0, 0.1) is 0 Å². The minimum Gasteiger partial charge on any atom is -0.486 e. The molecule has 1 N–H and O–H groups in total. The molecule has 0 spiro atoms. The molecule has 3 saturated heterocycles. The van der Waals surface area contributed by atoms with Crippen molar-refractivity contribution in [2.75, 3.05) is 32.8 Å². The second-order valence-corrected chi connectivity index (χ2v) is 9.49. The third-order valence-corrected chi connectivity index (χ3v) is 6.87. The fourth-order valence-corrected chi connectivity index (χ4v) is 4.87. The van der Waals surface area contributed by atoms with E-state index < -0.39 is 11.9 Å². The molecule has 1 aromatic carbocycles. The van der Waals surface area contributed by atoms with Crippen LogP contribution in [0.2, 0.25) is 0 Å². The summed E-state index contributed by atoms with van der Waals surface area (Å²) < 4.78 is 17.1. The summed E-state index contributed by atoms with van der Waals surface area (Å²) in [4.78, 5) is 40.1. The summed E-state index contributed by atoms with van der Waals surface area (Å²) in [6.45, 7) is 8.92.